The van der Waals surface area contributed by atoms with Crippen molar-refractivity contribution in [2.45, 2.75) is 32.6 Å². The quantitative estimate of drug-likeness (QED) is 0.746. The third kappa shape index (κ3) is 2.20. The lowest BCUT2D eigenvalue weighted by Crippen LogP contribution is -2.27. The average molecular weight is 207 g/mol. The van der Waals surface area contributed by atoms with E-state index in [-0.39, 0.29) is 5.82 Å². The molecule has 0 spiro atoms. The molecule has 0 saturated carbocycles. The third-order valence-electron chi connectivity index (χ3n) is 3.33. The van der Waals surface area contributed by atoms with Crippen LogP contribution in [0, 0.1) is 19.7 Å². The second kappa shape index (κ2) is 4.31. The first kappa shape index (κ1) is 10.6. The lowest BCUT2D eigenvalue weighted by Gasteiger charge is -2.24. The number of benzene rings is 1. The molecule has 0 aliphatic carbocycles. The van der Waals surface area contributed by atoms with Gasteiger partial charge in [-0.2, -0.15) is 0 Å². The van der Waals surface area contributed by atoms with Crippen LogP contribution in [0.2, 0.25) is 0 Å². The Morgan fingerprint density at radius 3 is 2.47 bits per heavy atom. The Hall–Kier alpha value is -0.890. The van der Waals surface area contributed by atoms with Gasteiger partial charge in [0.25, 0.3) is 0 Å². The van der Waals surface area contributed by atoms with E-state index in [0.29, 0.717) is 5.92 Å². The highest BCUT2D eigenvalue weighted by Crippen LogP contribution is 2.29. The zero-order valence-corrected chi connectivity index (χ0v) is 9.44. The maximum atomic E-state index is 13.5. The molecule has 0 amide bonds. The number of hydrogen-bond donors (Lipinski definition) is 1. The second-order valence-electron chi connectivity index (χ2n) is 4.48. The monoisotopic (exact) mass is 207 g/mol. The fourth-order valence-electron chi connectivity index (χ4n) is 2.41. The molecule has 1 fully saturated rings. The first-order valence-electron chi connectivity index (χ1n) is 5.66. The first-order valence-corrected chi connectivity index (χ1v) is 5.66. The zero-order chi connectivity index (χ0) is 10.8. The van der Waals surface area contributed by atoms with Gasteiger partial charge in [0.1, 0.15) is 5.82 Å². The minimum atomic E-state index is -0.0610. The number of aryl methyl sites for hydroxylation is 2. The van der Waals surface area contributed by atoms with E-state index in [1.165, 1.54) is 11.1 Å². The summed E-state index contributed by atoms with van der Waals surface area (Å²) in [6.07, 6.45) is 2.26. The molecule has 1 N–H and O–H groups in total. The minimum absolute atomic E-state index is 0.0610. The number of piperidine rings is 1. The van der Waals surface area contributed by atoms with Gasteiger partial charge in [0.05, 0.1) is 0 Å². The summed E-state index contributed by atoms with van der Waals surface area (Å²) in [5.41, 5.74) is 3.20. The van der Waals surface area contributed by atoms with Crippen molar-refractivity contribution in [3.05, 3.63) is 34.6 Å². The molecule has 1 saturated heterocycles. The van der Waals surface area contributed by atoms with Crippen molar-refractivity contribution in [1.82, 2.24) is 5.32 Å². The molecular formula is C13H18FN. The highest BCUT2D eigenvalue weighted by atomic mass is 19.1. The average Bonchev–Trinajstić information content (AvgIpc) is 2.25. The topological polar surface area (TPSA) is 12.0 Å². The van der Waals surface area contributed by atoms with Crippen molar-refractivity contribution >= 4 is 0 Å². The van der Waals surface area contributed by atoms with E-state index in [9.17, 15) is 4.39 Å². The Kier molecular flexibility index (Phi) is 3.06. The molecular weight excluding hydrogens is 189 g/mol. The van der Waals surface area contributed by atoms with E-state index in [1.807, 2.05) is 13.0 Å². The van der Waals surface area contributed by atoms with Crippen LogP contribution in [0.25, 0.3) is 0 Å². The van der Waals surface area contributed by atoms with Gasteiger partial charge < -0.3 is 5.32 Å². The molecule has 1 aromatic rings. The largest absolute Gasteiger partial charge is 0.317 e. The van der Waals surface area contributed by atoms with Gasteiger partial charge in [-0.1, -0.05) is 6.07 Å². The first-order chi connectivity index (χ1) is 7.18. The Morgan fingerprint density at radius 1 is 1.13 bits per heavy atom. The maximum absolute atomic E-state index is 13.5. The van der Waals surface area contributed by atoms with Crippen LogP contribution in [-0.2, 0) is 0 Å². The Morgan fingerprint density at radius 2 is 1.80 bits per heavy atom. The van der Waals surface area contributed by atoms with Crippen LogP contribution < -0.4 is 5.32 Å². The van der Waals surface area contributed by atoms with Crippen LogP contribution in [-0.4, -0.2) is 13.1 Å². The lowest BCUT2D eigenvalue weighted by molar-refractivity contribution is 0.457. The van der Waals surface area contributed by atoms with E-state index < -0.39 is 0 Å². The fourth-order valence-corrected chi connectivity index (χ4v) is 2.41. The molecule has 0 atom stereocenters. The molecule has 0 aromatic heterocycles. The molecule has 0 radical (unpaired) electrons. The third-order valence-corrected chi connectivity index (χ3v) is 3.33. The minimum Gasteiger partial charge on any atom is -0.317 e. The zero-order valence-electron chi connectivity index (χ0n) is 9.44. The number of nitrogens with one attached hydrogen (secondary N) is 1. The van der Waals surface area contributed by atoms with Crippen LogP contribution in [0.4, 0.5) is 4.39 Å². The SMILES string of the molecule is Cc1cc(C)c(C2CCNCC2)cc1F. The predicted molar refractivity (Wildman–Crippen MR) is 60.7 cm³/mol. The van der Waals surface area contributed by atoms with E-state index in [2.05, 4.69) is 12.2 Å². The van der Waals surface area contributed by atoms with Crippen LogP contribution in [0.15, 0.2) is 12.1 Å². The molecule has 1 nitrogen and oxygen atoms in total. The standard InChI is InChI=1S/C13H18FN/c1-9-7-10(2)13(14)8-12(9)11-3-5-15-6-4-11/h7-8,11,15H,3-6H2,1-2H3. The molecule has 0 unspecified atom stereocenters. The summed E-state index contributed by atoms with van der Waals surface area (Å²) in [5, 5.41) is 3.34. The Balaban J connectivity index is 2.30. The van der Waals surface area contributed by atoms with Crippen LogP contribution in [0.1, 0.15) is 35.4 Å². The maximum Gasteiger partial charge on any atom is 0.126 e. The molecule has 1 heterocycles. The van der Waals surface area contributed by atoms with Crippen molar-refractivity contribution in [3.8, 4) is 0 Å². The fraction of sp³-hybridized carbons (Fsp3) is 0.538. The number of rotatable bonds is 1. The van der Waals surface area contributed by atoms with Crippen molar-refractivity contribution < 1.29 is 4.39 Å². The lowest BCUT2D eigenvalue weighted by atomic mass is 9.87. The summed E-state index contributed by atoms with van der Waals surface area (Å²) < 4.78 is 13.5. The molecule has 82 valence electrons. The van der Waals surface area contributed by atoms with E-state index in [0.717, 1.165) is 31.5 Å². The smallest absolute Gasteiger partial charge is 0.126 e. The van der Waals surface area contributed by atoms with Crippen molar-refractivity contribution in [3.63, 3.8) is 0 Å². The highest BCUT2D eigenvalue weighted by Gasteiger charge is 2.18. The molecule has 1 aliphatic heterocycles. The number of hydrogen-bond acceptors (Lipinski definition) is 1. The summed E-state index contributed by atoms with van der Waals surface area (Å²) in [6, 6.07) is 3.70. The van der Waals surface area contributed by atoms with E-state index in [4.69, 9.17) is 0 Å². The van der Waals surface area contributed by atoms with Crippen molar-refractivity contribution in [1.29, 1.82) is 0 Å². The highest BCUT2D eigenvalue weighted by molar-refractivity contribution is 5.34. The Bertz CT molecular complexity index is 354. The van der Waals surface area contributed by atoms with E-state index in [1.54, 1.807) is 6.07 Å². The normalized spacial score (nSPS) is 18.1. The molecule has 1 aromatic carbocycles. The predicted octanol–water partition coefficient (Wildman–Crippen LogP) is 2.91. The van der Waals surface area contributed by atoms with Gasteiger partial charge in [-0.3, -0.25) is 0 Å². The van der Waals surface area contributed by atoms with Crippen molar-refractivity contribution in [2.24, 2.45) is 0 Å². The second-order valence-corrected chi connectivity index (χ2v) is 4.48. The van der Waals surface area contributed by atoms with Gasteiger partial charge in [0.2, 0.25) is 0 Å². The van der Waals surface area contributed by atoms with Gasteiger partial charge in [-0.25, -0.2) is 4.39 Å². The van der Waals surface area contributed by atoms with Gasteiger partial charge in [0, 0.05) is 0 Å². The molecule has 1 aliphatic rings. The summed E-state index contributed by atoms with van der Waals surface area (Å²) in [7, 11) is 0. The summed E-state index contributed by atoms with van der Waals surface area (Å²) in [6.45, 7) is 6.03. The molecule has 2 heteroatoms. The van der Waals surface area contributed by atoms with E-state index >= 15 is 0 Å². The summed E-state index contributed by atoms with van der Waals surface area (Å²) in [5.74, 6) is 0.482. The van der Waals surface area contributed by atoms with Gasteiger partial charge in [-0.05, 0) is 68.5 Å². The van der Waals surface area contributed by atoms with Crippen LogP contribution in [0.3, 0.4) is 0 Å². The van der Waals surface area contributed by atoms with Gasteiger partial charge in [-0.15, -0.1) is 0 Å². The molecule has 0 bridgehead atoms. The van der Waals surface area contributed by atoms with Gasteiger partial charge >= 0.3 is 0 Å². The van der Waals surface area contributed by atoms with Crippen molar-refractivity contribution in [2.75, 3.05) is 13.1 Å². The molecule has 2 rings (SSSR count). The summed E-state index contributed by atoms with van der Waals surface area (Å²) in [4.78, 5) is 0. The van der Waals surface area contributed by atoms with Crippen LogP contribution in [0.5, 0.6) is 0 Å². The van der Waals surface area contributed by atoms with Crippen LogP contribution >= 0.6 is 0 Å². The number of halogens is 1. The Labute approximate surface area is 90.7 Å². The molecule has 15 heavy (non-hydrogen) atoms. The van der Waals surface area contributed by atoms with Gasteiger partial charge in [0.15, 0.2) is 0 Å². The summed E-state index contributed by atoms with van der Waals surface area (Å²) >= 11 is 0.